The number of benzene rings is 1. The van der Waals surface area contributed by atoms with Crippen LogP contribution in [0.1, 0.15) is 18.1 Å². The number of guanidine groups is 1. The number of nitrogens with zero attached hydrogens (tertiary/aromatic N) is 1. The molecule has 4 nitrogen and oxygen atoms in total. The molecule has 2 N–H and O–H groups in total. The third-order valence-corrected chi connectivity index (χ3v) is 3.62. The molecule has 1 rings (SSSR count). The van der Waals surface area contributed by atoms with Gasteiger partial charge in [0.05, 0.1) is 13.7 Å². The number of hydrogen-bond donors (Lipinski definition) is 2. The highest BCUT2D eigenvalue weighted by Crippen LogP contribution is 2.19. The SMILES string of the molecule is CCNC(=NCCSC)NCCc1cc(C)ccc1OC. The third kappa shape index (κ3) is 6.76. The van der Waals surface area contributed by atoms with Crippen LogP contribution < -0.4 is 15.4 Å². The van der Waals surface area contributed by atoms with Crippen molar-refractivity contribution in [3.05, 3.63) is 29.3 Å². The summed E-state index contributed by atoms with van der Waals surface area (Å²) in [7, 11) is 1.72. The van der Waals surface area contributed by atoms with E-state index in [0.717, 1.165) is 43.5 Å². The number of aryl methyl sites for hydroxylation is 1. The first-order valence-corrected chi connectivity index (χ1v) is 8.75. The van der Waals surface area contributed by atoms with Crippen LogP contribution in [0, 0.1) is 6.92 Å². The van der Waals surface area contributed by atoms with E-state index in [4.69, 9.17) is 4.74 Å². The summed E-state index contributed by atoms with van der Waals surface area (Å²) in [6.07, 6.45) is 3.01. The van der Waals surface area contributed by atoms with Gasteiger partial charge < -0.3 is 15.4 Å². The van der Waals surface area contributed by atoms with E-state index in [1.165, 1.54) is 11.1 Å². The smallest absolute Gasteiger partial charge is 0.191 e. The lowest BCUT2D eigenvalue weighted by atomic mass is 10.1. The molecule has 0 atom stereocenters. The summed E-state index contributed by atoms with van der Waals surface area (Å²) in [5.41, 5.74) is 2.48. The maximum absolute atomic E-state index is 5.41. The highest BCUT2D eigenvalue weighted by atomic mass is 32.2. The molecule has 0 spiro atoms. The Bertz CT molecular complexity index is 449. The second-order valence-electron chi connectivity index (χ2n) is 4.75. The fraction of sp³-hybridized carbons (Fsp3) is 0.562. The zero-order valence-electron chi connectivity index (χ0n) is 13.5. The highest BCUT2D eigenvalue weighted by Gasteiger charge is 2.04. The quantitative estimate of drug-likeness (QED) is 0.440. The largest absolute Gasteiger partial charge is 0.496 e. The zero-order valence-corrected chi connectivity index (χ0v) is 14.3. The van der Waals surface area contributed by atoms with Crippen molar-refractivity contribution in [2.75, 3.05) is 38.8 Å². The molecule has 0 fully saturated rings. The molecule has 0 bridgehead atoms. The van der Waals surface area contributed by atoms with Gasteiger partial charge in [-0.3, -0.25) is 4.99 Å². The summed E-state index contributed by atoms with van der Waals surface area (Å²) >= 11 is 1.81. The lowest BCUT2D eigenvalue weighted by Crippen LogP contribution is -2.38. The van der Waals surface area contributed by atoms with Gasteiger partial charge in [-0.15, -0.1) is 0 Å². The van der Waals surface area contributed by atoms with Gasteiger partial charge in [-0.05, 0) is 38.2 Å². The number of ether oxygens (including phenoxy) is 1. The van der Waals surface area contributed by atoms with E-state index in [2.05, 4.69) is 47.9 Å². The van der Waals surface area contributed by atoms with Crippen molar-refractivity contribution < 1.29 is 4.74 Å². The van der Waals surface area contributed by atoms with Crippen molar-refractivity contribution in [1.82, 2.24) is 10.6 Å². The van der Waals surface area contributed by atoms with Crippen molar-refractivity contribution in [1.29, 1.82) is 0 Å². The Balaban J connectivity index is 2.53. The van der Waals surface area contributed by atoms with Crippen LogP contribution in [-0.2, 0) is 6.42 Å². The maximum Gasteiger partial charge on any atom is 0.191 e. The van der Waals surface area contributed by atoms with Crippen molar-refractivity contribution >= 4 is 17.7 Å². The average molecular weight is 309 g/mol. The Morgan fingerprint density at radius 1 is 1.33 bits per heavy atom. The van der Waals surface area contributed by atoms with E-state index in [9.17, 15) is 0 Å². The summed E-state index contributed by atoms with van der Waals surface area (Å²) in [5, 5.41) is 6.64. The number of aliphatic imine (C=N–C) groups is 1. The molecule has 118 valence electrons. The lowest BCUT2D eigenvalue weighted by Gasteiger charge is -2.13. The van der Waals surface area contributed by atoms with Gasteiger partial charge in [0, 0.05) is 18.8 Å². The number of rotatable bonds is 8. The summed E-state index contributed by atoms with van der Waals surface area (Å²) < 4.78 is 5.41. The molecule has 21 heavy (non-hydrogen) atoms. The van der Waals surface area contributed by atoms with Crippen LogP contribution in [0.15, 0.2) is 23.2 Å². The summed E-state index contributed by atoms with van der Waals surface area (Å²) in [6, 6.07) is 6.28. The molecule has 0 aliphatic heterocycles. The van der Waals surface area contributed by atoms with E-state index in [1.54, 1.807) is 7.11 Å². The van der Waals surface area contributed by atoms with Crippen molar-refractivity contribution in [3.8, 4) is 5.75 Å². The van der Waals surface area contributed by atoms with Gasteiger partial charge in [0.1, 0.15) is 5.75 Å². The van der Waals surface area contributed by atoms with Gasteiger partial charge in [-0.2, -0.15) is 11.8 Å². The average Bonchev–Trinajstić information content (AvgIpc) is 2.48. The van der Waals surface area contributed by atoms with Crippen LogP contribution in [0.2, 0.25) is 0 Å². The van der Waals surface area contributed by atoms with Crippen molar-refractivity contribution in [2.45, 2.75) is 20.3 Å². The Kier molecular flexibility index (Phi) is 8.74. The number of nitrogens with one attached hydrogen (secondary N) is 2. The molecule has 0 aromatic heterocycles. The van der Waals surface area contributed by atoms with Gasteiger partial charge in [-0.25, -0.2) is 0 Å². The minimum atomic E-state index is 0.838. The molecule has 0 saturated heterocycles. The fourth-order valence-corrected chi connectivity index (χ4v) is 2.28. The summed E-state index contributed by atoms with van der Waals surface area (Å²) in [6.45, 7) is 6.73. The Morgan fingerprint density at radius 3 is 2.81 bits per heavy atom. The van der Waals surface area contributed by atoms with Crippen LogP contribution in [0.5, 0.6) is 5.75 Å². The Hall–Kier alpha value is -1.36. The first kappa shape index (κ1) is 17.7. The standard InChI is InChI=1S/C16H27N3OS/c1-5-17-16(19-10-11-21-4)18-9-8-14-12-13(2)6-7-15(14)20-3/h6-7,12H,5,8-11H2,1-4H3,(H2,17,18,19). The molecule has 0 saturated carbocycles. The minimum Gasteiger partial charge on any atom is -0.496 e. The summed E-state index contributed by atoms with van der Waals surface area (Å²) in [4.78, 5) is 4.54. The molecule has 1 aromatic rings. The number of thioether (sulfide) groups is 1. The van der Waals surface area contributed by atoms with E-state index in [1.807, 2.05) is 17.8 Å². The van der Waals surface area contributed by atoms with Gasteiger partial charge >= 0.3 is 0 Å². The molecule has 0 radical (unpaired) electrons. The molecule has 0 amide bonds. The van der Waals surface area contributed by atoms with E-state index >= 15 is 0 Å². The van der Waals surface area contributed by atoms with Gasteiger partial charge in [0.2, 0.25) is 0 Å². The monoisotopic (exact) mass is 309 g/mol. The number of methoxy groups -OCH3 is 1. The molecule has 0 unspecified atom stereocenters. The van der Waals surface area contributed by atoms with Crippen LogP contribution in [0.25, 0.3) is 0 Å². The second-order valence-corrected chi connectivity index (χ2v) is 5.73. The fourth-order valence-electron chi connectivity index (χ4n) is 2.01. The maximum atomic E-state index is 5.41. The van der Waals surface area contributed by atoms with Crippen molar-refractivity contribution in [2.24, 2.45) is 4.99 Å². The van der Waals surface area contributed by atoms with E-state index in [0.29, 0.717) is 0 Å². The lowest BCUT2D eigenvalue weighted by molar-refractivity contribution is 0.409. The molecule has 0 aliphatic rings. The zero-order chi connectivity index (χ0) is 15.5. The normalized spacial score (nSPS) is 11.3. The van der Waals surface area contributed by atoms with Gasteiger partial charge in [0.25, 0.3) is 0 Å². The first-order chi connectivity index (χ1) is 10.2. The molecular formula is C16H27N3OS. The van der Waals surface area contributed by atoms with Crippen LogP contribution in [-0.4, -0.2) is 44.7 Å². The van der Waals surface area contributed by atoms with E-state index < -0.39 is 0 Å². The predicted octanol–water partition coefficient (Wildman–Crippen LogP) is 2.46. The Labute approximate surface area is 132 Å². The van der Waals surface area contributed by atoms with Gasteiger partial charge in [0.15, 0.2) is 5.96 Å². The van der Waals surface area contributed by atoms with Crippen molar-refractivity contribution in [3.63, 3.8) is 0 Å². The molecule has 1 aromatic carbocycles. The van der Waals surface area contributed by atoms with Gasteiger partial charge in [-0.1, -0.05) is 17.7 Å². The number of hydrogen-bond acceptors (Lipinski definition) is 3. The molecular weight excluding hydrogens is 282 g/mol. The van der Waals surface area contributed by atoms with Crippen LogP contribution >= 0.6 is 11.8 Å². The molecule has 5 heteroatoms. The topological polar surface area (TPSA) is 45.7 Å². The highest BCUT2D eigenvalue weighted by molar-refractivity contribution is 7.98. The van der Waals surface area contributed by atoms with Crippen LogP contribution in [0.3, 0.4) is 0 Å². The minimum absolute atomic E-state index is 0.838. The van der Waals surface area contributed by atoms with E-state index in [-0.39, 0.29) is 0 Å². The second kappa shape index (κ2) is 10.4. The molecule has 0 heterocycles. The first-order valence-electron chi connectivity index (χ1n) is 7.35. The summed E-state index contributed by atoms with van der Waals surface area (Å²) in [5.74, 6) is 2.88. The van der Waals surface area contributed by atoms with Crippen LogP contribution in [0.4, 0.5) is 0 Å². The third-order valence-electron chi connectivity index (χ3n) is 3.03. The molecule has 0 aliphatic carbocycles. The Morgan fingerprint density at radius 2 is 2.14 bits per heavy atom. The predicted molar refractivity (Wildman–Crippen MR) is 93.8 cm³/mol.